The fraction of sp³-hybridized carbons (Fsp3) is 0.125. The van der Waals surface area contributed by atoms with Crippen LogP contribution in [0.3, 0.4) is 0 Å². The highest BCUT2D eigenvalue weighted by Gasteiger charge is 2.35. The summed E-state index contributed by atoms with van der Waals surface area (Å²) >= 11 is 0. The van der Waals surface area contributed by atoms with Gasteiger partial charge in [-0.15, -0.1) is 0 Å². The van der Waals surface area contributed by atoms with Gasteiger partial charge in [-0.1, -0.05) is 86.6 Å². The van der Waals surface area contributed by atoms with Crippen LogP contribution in [-0.2, 0) is 0 Å². The Hall–Kier alpha value is -4.04. The molecule has 1 fully saturated rings. The molecule has 1 saturated carbocycles. The molecule has 0 bridgehead atoms. The van der Waals surface area contributed by atoms with Gasteiger partial charge in [0.25, 0.3) is 0 Å². The number of benzene rings is 4. The molecule has 0 amide bonds. The zero-order valence-corrected chi connectivity index (χ0v) is 19.4. The Kier molecular flexibility index (Phi) is 4.13. The summed E-state index contributed by atoms with van der Waals surface area (Å²) < 4.78 is 4.79. The third-order valence-corrected chi connectivity index (χ3v) is 7.79. The molecule has 0 radical (unpaired) electrons. The molecule has 0 N–H and O–H groups in total. The highest BCUT2D eigenvalue weighted by atomic mass is 15.0. The van der Waals surface area contributed by atoms with E-state index in [2.05, 4.69) is 132 Å². The molecule has 0 saturated heterocycles. The van der Waals surface area contributed by atoms with Crippen LogP contribution in [0.25, 0.3) is 56.0 Å². The minimum atomic E-state index is 0.412. The van der Waals surface area contributed by atoms with Crippen molar-refractivity contribution >= 4 is 56.0 Å². The van der Waals surface area contributed by atoms with E-state index in [0.29, 0.717) is 11.8 Å². The van der Waals surface area contributed by atoms with Gasteiger partial charge in [0.15, 0.2) is 0 Å². The lowest BCUT2D eigenvalue weighted by Crippen LogP contribution is -2.27. The Morgan fingerprint density at radius 3 is 1.00 bits per heavy atom. The monoisotopic (exact) mass is 438 g/mol. The normalized spacial score (nSPS) is 18.2. The zero-order valence-electron chi connectivity index (χ0n) is 19.4. The van der Waals surface area contributed by atoms with E-state index >= 15 is 0 Å². The lowest BCUT2D eigenvalue weighted by molar-refractivity contribution is 0.518. The topological polar surface area (TPSA) is 9.86 Å². The summed E-state index contributed by atoms with van der Waals surface area (Å²) in [4.78, 5) is 0. The van der Waals surface area contributed by atoms with Crippen molar-refractivity contribution in [1.82, 2.24) is 9.13 Å². The van der Waals surface area contributed by atoms with Crippen molar-refractivity contribution in [3.63, 3.8) is 0 Å². The Balaban J connectivity index is 1.37. The molecule has 2 heterocycles. The maximum Gasteiger partial charge on any atom is 0.0534 e. The van der Waals surface area contributed by atoms with Crippen molar-refractivity contribution in [3.8, 4) is 0 Å². The van der Waals surface area contributed by atoms with Gasteiger partial charge in [-0.25, -0.2) is 0 Å². The van der Waals surface area contributed by atoms with Gasteiger partial charge in [-0.05, 0) is 35.4 Å². The van der Waals surface area contributed by atoms with Gasteiger partial charge in [0.05, 0.1) is 22.1 Å². The summed E-state index contributed by atoms with van der Waals surface area (Å²) in [5, 5.41) is 5.26. The molecule has 0 unspecified atom stereocenters. The van der Waals surface area contributed by atoms with E-state index in [-0.39, 0.29) is 0 Å². The zero-order chi connectivity index (χ0) is 22.8. The van der Waals surface area contributed by atoms with E-state index in [0.717, 1.165) is 0 Å². The van der Waals surface area contributed by atoms with Crippen molar-refractivity contribution in [3.05, 3.63) is 108 Å². The first-order valence-electron chi connectivity index (χ1n) is 12.1. The lowest BCUT2D eigenvalue weighted by Gasteiger charge is -2.38. The van der Waals surface area contributed by atoms with Gasteiger partial charge in [-0.3, -0.25) is 0 Å². The van der Waals surface area contributed by atoms with Gasteiger partial charge >= 0.3 is 0 Å². The lowest BCUT2D eigenvalue weighted by atomic mass is 9.67. The molecule has 2 aromatic heterocycles. The number of aromatic nitrogens is 2. The van der Waals surface area contributed by atoms with Crippen LogP contribution in [-0.4, -0.2) is 9.13 Å². The fourth-order valence-corrected chi connectivity index (χ4v) is 5.97. The van der Waals surface area contributed by atoms with E-state index in [1.807, 2.05) is 0 Å². The summed E-state index contributed by atoms with van der Waals surface area (Å²) in [7, 11) is 0. The Labute approximate surface area is 199 Å². The van der Waals surface area contributed by atoms with Crippen molar-refractivity contribution in [2.75, 3.05) is 0 Å². The number of hydrogen-bond donors (Lipinski definition) is 0. The highest BCUT2D eigenvalue weighted by molar-refractivity contribution is 6.10. The van der Waals surface area contributed by atoms with Gasteiger partial charge in [-0.2, -0.15) is 0 Å². The number of fused-ring (bicyclic) bond motifs is 6. The van der Waals surface area contributed by atoms with E-state index in [1.54, 1.807) is 0 Å². The van der Waals surface area contributed by atoms with Crippen LogP contribution in [0.1, 0.15) is 13.8 Å². The number of nitrogens with zero attached hydrogens (tertiary/aromatic N) is 2. The smallest absolute Gasteiger partial charge is 0.0534 e. The SMILES string of the molecule is CC1C(=Cn2c3ccccc3c3ccccc32)C(C)C1=Cn1c2ccccc2c2ccccc21. The third kappa shape index (κ3) is 2.63. The Morgan fingerprint density at radius 2 is 0.706 bits per heavy atom. The highest BCUT2D eigenvalue weighted by Crippen LogP contribution is 2.47. The molecule has 6 aromatic rings. The molecular formula is C32H26N2. The molecular weight excluding hydrogens is 412 g/mol. The first kappa shape index (κ1) is 19.4. The Morgan fingerprint density at radius 1 is 0.441 bits per heavy atom. The molecule has 2 heteroatoms. The molecule has 7 rings (SSSR count). The van der Waals surface area contributed by atoms with E-state index in [4.69, 9.17) is 0 Å². The van der Waals surface area contributed by atoms with Crippen LogP contribution in [0.5, 0.6) is 0 Å². The molecule has 0 atom stereocenters. The number of hydrogen-bond acceptors (Lipinski definition) is 0. The number of allylic oxidation sites excluding steroid dienone is 2. The first-order valence-corrected chi connectivity index (χ1v) is 12.1. The van der Waals surface area contributed by atoms with Crippen LogP contribution < -0.4 is 0 Å². The standard InChI is InChI=1S/C32H26N2/c1-21-27(19-33-29-15-7-3-11-23(29)24-12-4-8-16-30(24)33)22(2)28(21)20-34-31-17-9-5-13-25(31)26-14-6-10-18-32(26)34/h3-22H,1-2H3. The molecule has 0 aliphatic heterocycles. The number of para-hydroxylation sites is 4. The average Bonchev–Trinajstić information content (AvgIpc) is 3.38. The van der Waals surface area contributed by atoms with E-state index in [9.17, 15) is 0 Å². The summed E-state index contributed by atoms with van der Waals surface area (Å²) in [5.41, 5.74) is 8.06. The van der Waals surface area contributed by atoms with Crippen LogP contribution in [0, 0.1) is 11.8 Å². The quantitative estimate of drug-likeness (QED) is 0.256. The van der Waals surface area contributed by atoms with Crippen molar-refractivity contribution in [1.29, 1.82) is 0 Å². The second-order valence-corrected chi connectivity index (χ2v) is 9.51. The maximum atomic E-state index is 2.39. The average molecular weight is 439 g/mol. The number of rotatable bonds is 2. The molecule has 1 aliphatic rings. The molecule has 164 valence electrons. The van der Waals surface area contributed by atoms with Gasteiger partial charge in [0.2, 0.25) is 0 Å². The van der Waals surface area contributed by atoms with Crippen LogP contribution in [0.4, 0.5) is 0 Å². The summed E-state index contributed by atoms with van der Waals surface area (Å²) in [6, 6.07) is 34.9. The van der Waals surface area contributed by atoms with Gasteiger partial charge < -0.3 is 9.13 Å². The predicted molar refractivity (Wildman–Crippen MR) is 146 cm³/mol. The largest absolute Gasteiger partial charge is 0.316 e. The minimum absolute atomic E-state index is 0.412. The van der Waals surface area contributed by atoms with Crippen LogP contribution >= 0.6 is 0 Å². The fourth-order valence-electron chi connectivity index (χ4n) is 5.97. The van der Waals surface area contributed by atoms with E-state index < -0.39 is 0 Å². The Bertz CT molecular complexity index is 1540. The maximum absolute atomic E-state index is 2.39. The summed E-state index contributed by atoms with van der Waals surface area (Å²) in [6.45, 7) is 4.69. The second kappa shape index (κ2) is 7.23. The second-order valence-electron chi connectivity index (χ2n) is 9.51. The van der Waals surface area contributed by atoms with Crippen LogP contribution in [0.2, 0.25) is 0 Å². The molecule has 1 aliphatic carbocycles. The predicted octanol–water partition coefficient (Wildman–Crippen LogP) is 8.57. The first-order chi connectivity index (χ1) is 16.7. The molecule has 0 spiro atoms. The molecule has 4 aromatic carbocycles. The van der Waals surface area contributed by atoms with Crippen molar-refractivity contribution < 1.29 is 0 Å². The van der Waals surface area contributed by atoms with Crippen molar-refractivity contribution in [2.24, 2.45) is 11.8 Å². The van der Waals surface area contributed by atoms with Gasteiger partial charge in [0.1, 0.15) is 0 Å². The minimum Gasteiger partial charge on any atom is -0.316 e. The third-order valence-electron chi connectivity index (χ3n) is 7.79. The molecule has 2 nitrogen and oxygen atoms in total. The summed E-state index contributed by atoms with van der Waals surface area (Å²) in [6.07, 6.45) is 4.78. The summed E-state index contributed by atoms with van der Waals surface area (Å²) in [5.74, 6) is 0.824. The van der Waals surface area contributed by atoms with Crippen LogP contribution in [0.15, 0.2) is 108 Å². The molecule has 34 heavy (non-hydrogen) atoms. The van der Waals surface area contributed by atoms with E-state index in [1.165, 1.54) is 54.8 Å². The van der Waals surface area contributed by atoms with Gasteiger partial charge in [0, 0.05) is 45.8 Å². The van der Waals surface area contributed by atoms with Crippen molar-refractivity contribution in [2.45, 2.75) is 13.8 Å².